The minimum atomic E-state index is -1.67. The molecule has 18 N–H and O–H groups in total. The third-order valence-corrected chi connectivity index (χ3v) is 8.73. The predicted octanol–water partition coefficient (Wildman–Crippen LogP) is -4.51. The topological polar surface area (TPSA) is 377 Å². The van der Waals surface area contributed by atoms with Crippen LogP contribution in [0.15, 0.2) is 0 Å². The van der Waals surface area contributed by atoms with E-state index in [1.165, 1.54) is 13.8 Å². The second-order valence-corrected chi connectivity index (χ2v) is 14.3. The first-order valence-electron chi connectivity index (χ1n) is 19.2. The van der Waals surface area contributed by atoms with Crippen LogP contribution in [-0.2, 0) is 33.6 Å². The molecule has 0 spiro atoms. The smallest absolute Gasteiger partial charge is 0.328 e. The maximum Gasteiger partial charge on any atom is 0.328 e. The first-order valence-corrected chi connectivity index (χ1v) is 19.2. The molecular formula is C35H68N10O11. The van der Waals surface area contributed by atoms with Crippen molar-refractivity contribution in [2.24, 2.45) is 28.9 Å². The van der Waals surface area contributed by atoms with Gasteiger partial charge in [0.05, 0.1) is 24.9 Å². The molecule has 0 heterocycles. The summed E-state index contributed by atoms with van der Waals surface area (Å²) in [6, 6.07) is -9.67. The van der Waals surface area contributed by atoms with E-state index < -0.39 is 103 Å². The van der Waals surface area contributed by atoms with E-state index in [0.29, 0.717) is 58.0 Å². The lowest BCUT2D eigenvalue weighted by Crippen LogP contribution is -2.62. The molecule has 324 valence electrons. The molecule has 0 aliphatic carbocycles. The number of carbonyl (C=O) groups is 7. The highest BCUT2D eigenvalue weighted by molar-refractivity contribution is 5.97. The number of aliphatic carboxylic acids is 1. The minimum Gasteiger partial charge on any atom is -0.480 e. The molecule has 21 heteroatoms. The number of hydrogen-bond acceptors (Lipinski definition) is 14. The number of rotatable bonds is 30. The Morgan fingerprint density at radius 3 is 1.23 bits per heavy atom. The maximum atomic E-state index is 13.6. The number of nitrogens with one attached hydrogen (secondary N) is 6. The number of aliphatic hydroxyl groups is 3. The average molecular weight is 805 g/mol. The summed E-state index contributed by atoms with van der Waals surface area (Å²) in [5.41, 5.74) is 22.7. The molecule has 21 nitrogen and oxygen atoms in total. The monoisotopic (exact) mass is 805 g/mol. The van der Waals surface area contributed by atoms with Crippen LogP contribution in [0.2, 0.25) is 0 Å². The molecule has 0 aliphatic rings. The Labute approximate surface area is 328 Å². The Bertz CT molecular complexity index is 1240. The highest BCUT2D eigenvalue weighted by Crippen LogP contribution is 2.10. The fourth-order valence-corrected chi connectivity index (χ4v) is 5.44. The molecule has 0 aromatic heterocycles. The molecule has 0 aromatic rings. The molecule has 0 saturated carbocycles. The second-order valence-electron chi connectivity index (χ2n) is 14.3. The van der Waals surface area contributed by atoms with Crippen LogP contribution in [0.3, 0.4) is 0 Å². The summed E-state index contributed by atoms with van der Waals surface area (Å²) in [7, 11) is 0. The molecule has 0 radical (unpaired) electrons. The number of nitrogens with two attached hydrogens (primary N) is 4. The summed E-state index contributed by atoms with van der Waals surface area (Å²) in [6.07, 6.45) is 0.516. The molecule has 0 saturated heterocycles. The van der Waals surface area contributed by atoms with Crippen LogP contribution in [0, 0.1) is 5.92 Å². The second kappa shape index (κ2) is 28.4. The van der Waals surface area contributed by atoms with Gasteiger partial charge in [0.2, 0.25) is 35.4 Å². The van der Waals surface area contributed by atoms with Crippen molar-refractivity contribution in [2.45, 2.75) is 146 Å². The fraction of sp³-hybridized carbons (Fsp3) is 0.800. The fourth-order valence-electron chi connectivity index (χ4n) is 5.44. The van der Waals surface area contributed by atoms with E-state index in [4.69, 9.17) is 22.9 Å². The average Bonchev–Trinajstić information content (AvgIpc) is 3.12. The minimum absolute atomic E-state index is 0.00462. The summed E-state index contributed by atoms with van der Waals surface area (Å²) >= 11 is 0. The van der Waals surface area contributed by atoms with E-state index in [2.05, 4.69) is 31.9 Å². The lowest BCUT2D eigenvalue weighted by molar-refractivity contribution is -0.143. The SMILES string of the molecule is CC(C)C[C@H](NC(=O)[C@@H](NC(=O)[C@H](CCCCN)NC(=O)[C@@H](N)CCCCN)[C@@H](C)O)C(=O)N[C@H](C(=O)N[C@@H](CCCCN)C(=O)N[C@@H](CO)C(=O)O)[C@@H](C)O. The summed E-state index contributed by atoms with van der Waals surface area (Å²) in [5.74, 6) is -6.94. The van der Waals surface area contributed by atoms with Gasteiger partial charge in [0.15, 0.2) is 0 Å². The van der Waals surface area contributed by atoms with E-state index in [1.807, 2.05) is 0 Å². The van der Waals surface area contributed by atoms with Gasteiger partial charge >= 0.3 is 5.97 Å². The van der Waals surface area contributed by atoms with Crippen molar-refractivity contribution < 1.29 is 54.0 Å². The molecule has 0 aliphatic heterocycles. The lowest BCUT2D eigenvalue weighted by Gasteiger charge is -2.29. The molecular weight excluding hydrogens is 736 g/mol. The van der Waals surface area contributed by atoms with Crippen molar-refractivity contribution in [2.75, 3.05) is 26.2 Å². The van der Waals surface area contributed by atoms with Gasteiger partial charge in [-0.15, -0.1) is 0 Å². The summed E-state index contributed by atoms with van der Waals surface area (Å²) < 4.78 is 0. The van der Waals surface area contributed by atoms with Gasteiger partial charge in [-0.1, -0.05) is 20.3 Å². The van der Waals surface area contributed by atoms with Gasteiger partial charge in [-0.05, 0) is 97.2 Å². The molecule has 56 heavy (non-hydrogen) atoms. The first-order chi connectivity index (χ1) is 26.3. The highest BCUT2D eigenvalue weighted by Gasteiger charge is 2.36. The molecule has 0 bridgehead atoms. The molecule has 0 unspecified atom stereocenters. The summed E-state index contributed by atoms with van der Waals surface area (Å²) in [6.45, 7) is 6.04. The van der Waals surface area contributed by atoms with E-state index >= 15 is 0 Å². The van der Waals surface area contributed by atoms with E-state index in [1.54, 1.807) is 13.8 Å². The third kappa shape index (κ3) is 20.3. The number of aliphatic hydroxyl groups excluding tert-OH is 3. The maximum absolute atomic E-state index is 13.6. The summed E-state index contributed by atoms with van der Waals surface area (Å²) in [4.78, 5) is 91.2. The first kappa shape index (κ1) is 52.0. The van der Waals surface area contributed by atoms with E-state index in [9.17, 15) is 54.0 Å². The number of amides is 6. The zero-order valence-corrected chi connectivity index (χ0v) is 33.1. The normalized spacial score (nSPS) is 16.1. The molecule has 9 atom stereocenters. The van der Waals surface area contributed by atoms with E-state index in [-0.39, 0.29) is 31.7 Å². The van der Waals surface area contributed by atoms with Gasteiger partial charge in [-0.25, -0.2) is 4.79 Å². The zero-order chi connectivity index (χ0) is 43.0. The van der Waals surface area contributed by atoms with Crippen LogP contribution in [0.25, 0.3) is 0 Å². The van der Waals surface area contributed by atoms with Crippen LogP contribution in [-0.4, -0.2) is 143 Å². The van der Waals surface area contributed by atoms with Crippen LogP contribution < -0.4 is 54.8 Å². The van der Waals surface area contributed by atoms with E-state index in [0.717, 1.165) is 0 Å². The van der Waals surface area contributed by atoms with Gasteiger partial charge < -0.3 is 75.3 Å². The van der Waals surface area contributed by atoms with Crippen molar-refractivity contribution in [1.82, 2.24) is 31.9 Å². The van der Waals surface area contributed by atoms with Gasteiger partial charge in [0, 0.05) is 0 Å². The highest BCUT2D eigenvalue weighted by atomic mass is 16.4. The number of hydrogen-bond donors (Lipinski definition) is 14. The van der Waals surface area contributed by atoms with Crippen LogP contribution >= 0.6 is 0 Å². The Hall–Kier alpha value is -3.99. The van der Waals surface area contributed by atoms with Crippen LogP contribution in [0.4, 0.5) is 0 Å². The van der Waals surface area contributed by atoms with Gasteiger partial charge in [-0.3, -0.25) is 28.8 Å². The van der Waals surface area contributed by atoms with Gasteiger partial charge in [-0.2, -0.15) is 0 Å². The number of carbonyl (C=O) groups excluding carboxylic acids is 6. The number of carboxylic acid groups (broad SMARTS) is 1. The van der Waals surface area contributed by atoms with Gasteiger partial charge in [0.25, 0.3) is 0 Å². The Kier molecular flexibility index (Phi) is 26.4. The standard InChI is InChI=1S/C35H68N10O11/c1-19(2)17-25(32(52)45-27(20(3)47)33(53)41-23(12-6-9-15-37)30(50)43-26(18-46)35(55)56)42-34(54)28(21(4)48)44-31(51)24(13-7-10-16-38)40-29(49)22(39)11-5-8-14-36/h19-28,46-48H,5-18,36-39H2,1-4H3,(H,40,49)(H,41,53)(H,42,54)(H,43,50)(H,44,51)(H,45,52)(H,55,56)/t20-,21-,22+,23+,24+,25+,26+,27+,28+/m1/s1. The largest absolute Gasteiger partial charge is 0.480 e. The van der Waals surface area contributed by atoms with Crippen molar-refractivity contribution in [3.63, 3.8) is 0 Å². The molecule has 0 aromatic carbocycles. The Morgan fingerprint density at radius 2 is 0.857 bits per heavy atom. The Morgan fingerprint density at radius 1 is 0.500 bits per heavy atom. The van der Waals surface area contributed by atoms with Crippen molar-refractivity contribution in [1.29, 1.82) is 0 Å². The molecule has 0 fully saturated rings. The zero-order valence-electron chi connectivity index (χ0n) is 33.1. The molecule has 0 rings (SSSR count). The van der Waals surface area contributed by atoms with Crippen molar-refractivity contribution in [3.8, 4) is 0 Å². The van der Waals surface area contributed by atoms with Crippen molar-refractivity contribution >= 4 is 41.4 Å². The lowest BCUT2D eigenvalue weighted by atomic mass is 10.0. The number of carboxylic acids is 1. The van der Waals surface area contributed by atoms with Crippen molar-refractivity contribution in [3.05, 3.63) is 0 Å². The molecule has 6 amide bonds. The third-order valence-electron chi connectivity index (χ3n) is 8.73. The Balaban J connectivity index is 6.14. The number of unbranched alkanes of at least 4 members (excludes halogenated alkanes) is 3. The summed E-state index contributed by atoms with van der Waals surface area (Å²) in [5, 5.41) is 54.2. The quantitative estimate of drug-likeness (QED) is 0.0304. The predicted molar refractivity (Wildman–Crippen MR) is 206 cm³/mol. The van der Waals surface area contributed by atoms with Crippen LogP contribution in [0.1, 0.15) is 91.9 Å². The van der Waals surface area contributed by atoms with Crippen LogP contribution in [0.5, 0.6) is 0 Å². The van der Waals surface area contributed by atoms with Gasteiger partial charge in [0.1, 0.15) is 36.3 Å².